The molecule has 2 N–H and O–H groups in total. The highest BCUT2D eigenvalue weighted by Gasteiger charge is 2.25. The van der Waals surface area contributed by atoms with Crippen LogP contribution in [0.1, 0.15) is 63.1 Å². The molecule has 1 fully saturated rings. The number of hydrogen-bond donors (Lipinski definition) is 1. The zero-order valence-corrected chi connectivity index (χ0v) is 12.7. The maximum atomic E-state index is 5.90. The van der Waals surface area contributed by atoms with E-state index in [1.165, 1.54) is 38.5 Å². The van der Waals surface area contributed by atoms with Crippen LogP contribution in [0.5, 0.6) is 0 Å². The van der Waals surface area contributed by atoms with Crippen molar-refractivity contribution in [2.24, 2.45) is 11.7 Å². The smallest absolute Gasteiger partial charge is 0.228 e. The van der Waals surface area contributed by atoms with Crippen LogP contribution in [0.3, 0.4) is 0 Å². The molecule has 5 heteroatoms. The van der Waals surface area contributed by atoms with Crippen LogP contribution in [0.2, 0.25) is 0 Å². The van der Waals surface area contributed by atoms with Gasteiger partial charge < -0.3 is 15.0 Å². The van der Waals surface area contributed by atoms with Crippen LogP contribution in [0.15, 0.2) is 4.52 Å². The summed E-state index contributed by atoms with van der Waals surface area (Å²) in [5.74, 6) is 2.89. The van der Waals surface area contributed by atoms with Crippen molar-refractivity contribution in [3.63, 3.8) is 0 Å². The second kappa shape index (κ2) is 7.74. The van der Waals surface area contributed by atoms with Gasteiger partial charge in [-0.2, -0.15) is 4.98 Å². The molecule has 1 aliphatic carbocycles. The predicted molar refractivity (Wildman–Crippen MR) is 77.5 cm³/mol. The molecule has 1 saturated carbocycles. The maximum Gasteiger partial charge on any atom is 0.228 e. The third-order valence-electron chi connectivity index (χ3n) is 4.21. The number of nitrogens with two attached hydrogens (primary N) is 1. The Morgan fingerprint density at radius 1 is 1.35 bits per heavy atom. The van der Waals surface area contributed by atoms with Crippen molar-refractivity contribution in [3.8, 4) is 0 Å². The molecule has 0 aromatic carbocycles. The SMILES string of the molecule is CCCC1CCC(c2noc(CC(N)COC)n2)CC1. The van der Waals surface area contributed by atoms with Crippen molar-refractivity contribution in [2.75, 3.05) is 13.7 Å². The van der Waals surface area contributed by atoms with Crippen molar-refractivity contribution in [1.29, 1.82) is 0 Å². The van der Waals surface area contributed by atoms with Crippen molar-refractivity contribution >= 4 is 0 Å². The molecule has 1 atom stereocenters. The fourth-order valence-corrected chi connectivity index (χ4v) is 3.13. The molecule has 1 aliphatic rings. The summed E-state index contributed by atoms with van der Waals surface area (Å²) in [6.45, 7) is 2.78. The molecule has 0 saturated heterocycles. The van der Waals surface area contributed by atoms with Crippen LogP contribution in [-0.2, 0) is 11.2 Å². The summed E-state index contributed by atoms with van der Waals surface area (Å²) < 4.78 is 10.3. The van der Waals surface area contributed by atoms with E-state index in [0.29, 0.717) is 24.8 Å². The largest absolute Gasteiger partial charge is 0.383 e. The first-order valence-corrected chi connectivity index (χ1v) is 7.79. The van der Waals surface area contributed by atoms with E-state index in [0.717, 1.165) is 11.7 Å². The maximum absolute atomic E-state index is 5.90. The van der Waals surface area contributed by atoms with Gasteiger partial charge in [-0.15, -0.1) is 0 Å². The summed E-state index contributed by atoms with van der Waals surface area (Å²) in [6.07, 6.45) is 8.21. The lowest BCUT2D eigenvalue weighted by molar-refractivity contribution is 0.176. The molecule has 0 radical (unpaired) electrons. The number of aromatic nitrogens is 2. The van der Waals surface area contributed by atoms with Gasteiger partial charge in [0.15, 0.2) is 5.82 Å². The van der Waals surface area contributed by atoms with Crippen molar-refractivity contribution in [2.45, 2.75) is 63.8 Å². The quantitative estimate of drug-likeness (QED) is 0.831. The van der Waals surface area contributed by atoms with E-state index >= 15 is 0 Å². The lowest BCUT2D eigenvalue weighted by Gasteiger charge is -2.26. The highest BCUT2D eigenvalue weighted by molar-refractivity contribution is 4.98. The molecule has 114 valence electrons. The van der Waals surface area contributed by atoms with Crippen molar-refractivity contribution in [1.82, 2.24) is 10.1 Å². The fourth-order valence-electron chi connectivity index (χ4n) is 3.13. The average molecular weight is 281 g/mol. The number of hydrogen-bond acceptors (Lipinski definition) is 5. The minimum Gasteiger partial charge on any atom is -0.383 e. The summed E-state index contributed by atoms with van der Waals surface area (Å²) in [5.41, 5.74) is 5.90. The molecular formula is C15H27N3O2. The second-order valence-corrected chi connectivity index (χ2v) is 5.97. The Morgan fingerprint density at radius 3 is 2.75 bits per heavy atom. The second-order valence-electron chi connectivity index (χ2n) is 5.97. The number of rotatable bonds is 7. The van der Waals surface area contributed by atoms with Crippen LogP contribution >= 0.6 is 0 Å². The number of ether oxygens (including phenoxy) is 1. The summed E-state index contributed by atoms with van der Waals surface area (Å²) in [6, 6.07) is -0.0754. The fraction of sp³-hybridized carbons (Fsp3) is 0.867. The van der Waals surface area contributed by atoms with E-state index in [-0.39, 0.29) is 6.04 Å². The van der Waals surface area contributed by atoms with Crippen LogP contribution in [-0.4, -0.2) is 29.9 Å². The standard InChI is InChI=1S/C15H27N3O2/c1-3-4-11-5-7-12(8-6-11)15-17-14(20-18-15)9-13(16)10-19-2/h11-13H,3-10,16H2,1-2H3. The Labute approximate surface area is 121 Å². The molecule has 1 heterocycles. The minimum absolute atomic E-state index is 0.0754. The molecule has 1 aromatic heterocycles. The third kappa shape index (κ3) is 4.28. The topological polar surface area (TPSA) is 74.2 Å². The van der Waals surface area contributed by atoms with Gasteiger partial charge in [-0.05, 0) is 31.6 Å². The normalized spacial score (nSPS) is 24.8. The lowest BCUT2D eigenvalue weighted by atomic mass is 9.80. The Balaban J connectivity index is 1.83. The predicted octanol–water partition coefficient (Wildman–Crippen LogP) is 2.66. The molecule has 0 aliphatic heterocycles. The Kier molecular flexibility index (Phi) is 5.98. The number of methoxy groups -OCH3 is 1. The summed E-state index contributed by atoms with van der Waals surface area (Å²) in [5, 5.41) is 4.14. The molecule has 5 nitrogen and oxygen atoms in total. The molecule has 1 unspecified atom stereocenters. The van der Waals surface area contributed by atoms with Crippen LogP contribution in [0.4, 0.5) is 0 Å². The van der Waals surface area contributed by atoms with Gasteiger partial charge in [-0.3, -0.25) is 0 Å². The van der Waals surface area contributed by atoms with Gasteiger partial charge in [0.2, 0.25) is 5.89 Å². The van der Waals surface area contributed by atoms with E-state index in [9.17, 15) is 0 Å². The van der Waals surface area contributed by atoms with Crippen molar-refractivity contribution < 1.29 is 9.26 Å². The molecule has 0 amide bonds. The van der Waals surface area contributed by atoms with Gasteiger partial charge in [-0.1, -0.05) is 24.9 Å². The monoisotopic (exact) mass is 281 g/mol. The summed E-state index contributed by atoms with van der Waals surface area (Å²) in [4.78, 5) is 4.51. The highest BCUT2D eigenvalue weighted by Crippen LogP contribution is 2.36. The first-order valence-electron chi connectivity index (χ1n) is 7.79. The number of nitrogens with zero attached hydrogens (tertiary/aromatic N) is 2. The van der Waals surface area contributed by atoms with Gasteiger partial charge in [-0.25, -0.2) is 0 Å². The van der Waals surface area contributed by atoms with Gasteiger partial charge >= 0.3 is 0 Å². The molecule has 2 rings (SSSR count). The molecular weight excluding hydrogens is 254 g/mol. The molecule has 1 aromatic rings. The first-order chi connectivity index (χ1) is 9.72. The van der Waals surface area contributed by atoms with Crippen molar-refractivity contribution in [3.05, 3.63) is 11.7 Å². The van der Waals surface area contributed by atoms with E-state index in [2.05, 4.69) is 17.1 Å². The third-order valence-corrected chi connectivity index (χ3v) is 4.21. The van der Waals surface area contributed by atoms with E-state index < -0.39 is 0 Å². The molecule has 20 heavy (non-hydrogen) atoms. The highest BCUT2D eigenvalue weighted by atomic mass is 16.5. The van der Waals surface area contributed by atoms with Gasteiger partial charge in [0.1, 0.15) is 0 Å². The van der Waals surface area contributed by atoms with Crippen LogP contribution in [0, 0.1) is 5.92 Å². The van der Waals surface area contributed by atoms with E-state index in [4.69, 9.17) is 15.0 Å². The Hall–Kier alpha value is -0.940. The summed E-state index contributed by atoms with van der Waals surface area (Å²) in [7, 11) is 1.65. The average Bonchev–Trinajstić information content (AvgIpc) is 2.88. The van der Waals surface area contributed by atoms with Gasteiger partial charge in [0, 0.05) is 25.5 Å². The van der Waals surface area contributed by atoms with Crippen LogP contribution < -0.4 is 5.73 Å². The van der Waals surface area contributed by atoms with Crippen LogP contribution in [0.25, 0.3) is 0 Å². The first kappa shape index (κ1) is 15.4. The Morgan fingerprint density at radius 2 is 2.10 bits per heavy atom. The van der Waals surface area contributed by atoms with Gasteiger partial charge in [0.25, 0.3) is 0 Å². The zero-order valence-electron chi connectivity index (χ0n) is 12.7. The van der Waals surface area contributed by atoms with Gasteiger partial charge in [0.05, 0.1) is 6.61 Å². The Bertz CT molecular complexity index is 386. The van der Waals surface area contributed by atoms with E-state index in [1.807, 2.05) is 0 Å². The van der Waals surface area contributed by atoms with E-state index in [1.54, 1.807) is 7.11 Å². The zero-order chi connectivity index (χ0) is 14.4. The summed E-state index contributed by atoms with van der Waals surface area (Å²) >= 11 is 0. The molecule has 0 bridgehead atoms. The lowest BCUT2D eigenvalue weighted by Crippen LogP contribution is -2.28. The molecule has 0 spiro atoms. The minimum atomic E-state index is -0.0754.